The summed E-state index contributed by atoms with van der Waals surface area (Å²) >= 11 is -0.262. The highest BCUT2D eigenvalue weighted by Crippen LogP contribution is 2.41. The number of esters is 3. The number of carbonyl (C=O) groups is 3. The number of allylic oxidation sites excluding steroid dienone is 1. The highest BCUT2D eigenvalue weighted by atomic mass is 32.2. The maximum absolute atomic E-state index is 14.1. The van der Waals surface area contributed by atoms with Gasteiger partial charge in [0.15, 0.2) is 26.6 Å². The van der Waals surface area contributed by atoms with Gasteiger partial charge in [-0.1, -0.05) is 87.5 Å². The average molecular weight is 850 g/mol. The van der Waals surface area contributed by atoms with E-state index in [0.29, 0.717) is 13.0 Å². The molecule has 3 unspecified atom stereocenters. The zero-order valence-electron chi connectivity index (χ0n) is 34.9. The fraction of sp³-hybridized carbons (Fsp3) is 0.444. The lowest BCUT2D eigenvalue weighted by Crippen LogP contribution is -2.66. The van der Waals surface area contributed by atoms with Crippen molar-refractivity contribution < 1.29 is 42.3 Å². The molecule has 13 heteroatoms. The smallest absolute Gasteiger partial charge is 0.338 e. The SMILES string of the molecule is C=CCC(CO[Si](C)(C)C(C)(C)C)S[C@H]1O[C@H](C(CC=C)N[S+]([O-])C(C)(C)C)[C@H](OC(=O)c2ccccc2)[C@H](OC(=O)c2ccccc2)[C@H]1OC(=O)c1ccccc1. The molecule has 0 aliphatic carbocycles. The van der Waals surface area contributed by atoms with Crippen LogP contribution < -0.4 is 4.72 Å². The molecule has 0 amide bonds. The first kappa shape index (κ1) is 47.0. The molecule has 1 saturated heterocycles. The van der Waals surface area contributed by atoms with Gasteiger partial charge in [-0.2, -0.15) is 0 Å². The van der Waals surface area contributed by atoms with Crippen LogP contribution >= 0.6 is 11.8 Å². The van der Waals surface area contributed by atoms with Crippen molar-refractivity contribution in [2.75, 3.05) is 6.61 Å². The molecule has 0 spiro atoms. The highest BCUT2D eigenvalue weighted by Gasteiger charge is 2.56. The number of thioether (sulfide) groups is 1. The topological polar surface area (TPSA) is 132 Å². The summed E-state index contributed by atoms with van der Waals surface area (Å²) in [6.45, 7) is 24.7. The quantitative estimate of drug-likeness (QED) is 0.0432. The largest absolute Gasteiger partial charge is 0.598 e. The first-order chi connectivity index (χ1) is 27.4. The molecule has 8 atom stereocenters. The van der Waals surface area contributed by atoms with E-state index in [1.165, 1.54) is 11.8 Å². The van der Waals surface area contributed by atoms with Gasteiger partial charge in [0.1, 0.15) is 16.3 Å². The third kappa shape index (κ3) is 12.9. The Hall–Kier alpha value is -3.69. The van der Waals surface area contributed by atoms with Crippen molar-refractivity contribution in [3.8, 4) is 0 Å². The molecule has 1 heterocycles. The number of benzene rings is 3. The Balaban J connectivity index is 1.92. The zero-order chi connectivity index (χ0) is 42.7. The minimum atomic E-state index is -2.22. The van der Waals surface area contributed by atoms with Crippen LogP contribution in [0.5, 0.6) is 0 Å². The number of hydrogen-bond donors (Lipinski definition) is 1. The molecule has 0 saturated carbocycles. The summed E-state index contributed by atoms with van der Waals surface area (Å²) in [5.41, 5.74) is -0.278. The molecule has 0 aromatic heterocycles. The summed E-state index contributed by atoms with van der Waals surface area (Å²) in [6.07, 6.45) is -1.01. The summed E-state index contributed by atoms with van der Waals surface area (Å²) in [5, 5.41) is -0.311. The van der Waals surface area contributed by atoms with Crippen molar-refractivity contribution in [1.82, 2.24) is 4.72 Å². The van der Waals surface area contributed by atoms with E-state index < -0.39 is 78.2 Å². The number of rotatable bonds is 18. The second-order valence-electron chi connectivity index (χ2n) is 16.7. The van der Waals surface area contributed by atoms with E-state index in [4.69, 9.17) is 23.4 Å². The van der Waals surface area contributed by atoms with Gasteiger partial charge in [0.05, 0.1) is 22.7 Å². The second kappa shape index (κ2) is 21.0. The maximum atomic E-state index is 14.1. The summed E-state index contributed by atoms with van der Waals surface area (Å²) in [6, 6.07) is 24.5. The Bertz CT molecular complexity index is 1800. The fourth-order valence-electron chi connectivity index (χ4n) is 5.76. The van der Waals surface area contributed by atoms with Crippen molar-refractivity contribution in [3.63, 3.8) is 0 Å². The molecule has 1 aliphatic heterocycles. The van der Waals surface area contributed by atoms with Gasteiger partial charge < -0.3 is 27.9 Å². The molecule has 1 fully saturated rings. The van der Waals surface area contributed by atoms with E-state index in [9.17, 15) is 18.9 Å². The van der Waals surface area contributed by atoms with Crippen LogP contribution in [0.2, 0.25) is 18.1 Å². The standard InChI is InChI=1S/C45H59NO9S2Si/c1-11-22-34(30-51-58(9,10)45(6,7)8)56-43-39(54-42(49)33-28-20-15-21-29-33)38(53-41(48)32-26-18-14-19-27-32)37(52-40(47)31-24-16-13-17-25-31)36(55-43)35(23-12-2)46-57(50)44(3,4)5/h11-21,24-29,34-39,43,46H,1-2,22-23,30H2,3-10H3/t34?,35?,36-,37+,38+,39-,43-,57?/m1/s1. The molecule has 0 radical (unpaired) electrons. The summed E-state index contributed by atoms with van der Waals surface area (Å²) < 4.78 is 49.0. The van der Waals surface area contributed by atoms with Crippen LogP contribution in [-0.2, 0) is 34.7 Å². The van der Waals surface area contributed by atoms with Gasteiger partial charge in [0.25, 0.3) is 0 Å². The molecule has 4 rings (SSSR count). The van der Waals surface area contributed by atoms with Crippen molar-refractivity contribution in [2.24, 2.45) is 0 Å². The van der Waals surface area contributed by atoms with Crippen LogP contribution in [0.15, 0.2) is 116 Å². The van der Waals surface area contributed by atoms with Crippen molar-refractivity contribution in [1.29, 1.82) is 0 Å². The van der Waals surface area contributed by atoms with Crippen molar-refractivity contribution >= 4 is 49.3 Å². The van der Waals surface area contributed by atoms with Gasteiger partial charge in [-0.3, -0.25) is 0 Å². The lowest BCUT2D eigenvalue weighted by atomic mass is 9.92. The second-order valence-corrected chi connectivity index (χ2v) is 24.9. The Labute approximate surface area is 352 Å². The normalized spacial score (nSPS) is 21.5. The number of carbonyl (C=O) groups excluding carboxylic acids is 3. The van der Waals surface area contributed by atoms with Crippen LogP contribution in [-0.4, -0.2) is 83.3 Å². The van der Waals surface area contributed by atoms with Crippen LogP contribution in [0, 0.1) is 0 Å². The number of ether oxygens (including phenoxy) is 4. The van der Waals surface area contributed by atoms with E-state index in [-0.39, 0.29) is 33.4 Å². The monoisotopic (exact) mass is 849 g/mol. The first-order valence-corrected chi connectivity index (χ1v) is 24.5. The molecule has 58 heavy (non-hydrogen) atoms. The van der Waals surface area contributed by atoms with E-state index in [1.807, 2.05) is 20.8 Å². The Morgan fingerprint density at radius 1 is 0.759 bits per heavy atom. The molecule has 1 N–H and O–H groups in total. The van der Waals surface area contributed by atoms with Crippen molar-refractivity contribution in [3.05, 3.63) is 133 Å². The lowest BCUT2D eigenvalue weighted by molar-refractivity contribution is -0.205. The summed E-state index contributed by atoms with van der Waals surface area (Å²) in [7, 11) is -2.22. The minimum Gasteiger partial charge on any atom is -0.598 e. The van der Waals surface area contributed by atoms with E-state index >= 15 is 0 Å². The third-order valence-corrected chi connectivity index (χ3v) is 17.6. The first-order valence-electron chi connectivity index (χ1n) is 19.5. The predicted molar refractivity (Wildman–Crippen MR) is 235 cm³/mol. The average Bonchev–Trinajstić information content (AvgIpc) is 3.18. The lowest BCUT2D eigenvalue weighted by Gasteiger charge is -2.47. The maximum Gasteiger partial charge on any atom is 0.338 e. The highest BCUT2D eigenvalue weighted by molar-refractivity contribution is 8.00. The molecule has 3 aromatic carbocycles. The predicted octanol–water partition coefficient (Wildman–Crippen LogP) is 9.08. The Morgan fingerprint density at radius 3 is 1.60 bits per heavy atom. The molecule has 3 aromatic rings. The van der Waals surface area contributed by atoms with E-state index in [1.54, 1.807) is 103 Å². The van der Waals surface area contributed by atoms with Crippen LogP contribution in [0.4, 0.5) is 0 Å². The van der Waals surface area contributed by atoms with Gasteiger partial charge in [0.2, 0.25) is 0 Å². The van der Waals surface area contributed by atoms with Gasteiger partial charge in [-0.05, 0) is 88.1 Å². The molecule has 1 aliphatic rings. The molecular formula is C45H59NO9S2Si. The van der Waals surface area contributed by atoms with E-state index in [2.05, 4.69) is 51.7 Å². The fourth-order valence-corrected chi connectivity index (χ4v) is 9.12. The molecular weight excluding hydrogens is 791 g/mol. The Morgan fingerprint density at radius 2 is 1.19 bits per heavy atom. The van der Waals surface area contributed by atoms with Crippen molar-refractivity contribution in [2.45, 2.75) is 118 Å². The van der Waals surface area contributed by atoms with Gasteiger partial charge >= 0.3 is 17.9 Å². The minimum absolute atomic E-state index is 0.0601. The van der Waals surface area contributed by atoms with Crippen LogP contribution in [0.3, 0.4) is 0 Å². The number of hydrogen-bond acceptors (Lipinski definition) is 11. The Kier molecular flexibility index (Phi) is 17.0. The van der Waals surface area contributed by atoms with Crippen LogP contribution in [0.25, 0.3) is 0 Å². The molecule has 10 nitrogen and oxygen atoms in total. The molecule has 314 valence electrons. The van der Waals surface area contributed by atoms with Gasteiger partial charge in [-0.25, -0.2) is 14.4 Å². The van der Waals surface area contributed by atoms with Gasteiger partial charge in [0, 0.05) is 23.2 Å². The van der Waals surface area contributed by atoms with Crippen LogP contribution in [0.1, 0.15) is 85.5 Å². The number of nitrogens with one attached hydrogen (secondary N) is 1. The third-order valence-electron chi connectivity index (χ3n) is 10.1. The zero-order valence-corrected chi connectivity index (χ0v) is 37.5. The summed E-state index contributed by atoms with van der Waals surface area (Å²) in [5.74, 6) is -2.15. The van der Waals surface area contributed by atoms with Gasteiger partial charge in [-0.15, -0.1) is 29.6 Å². The summed E-state index contributed by atoms with van der Waals surface area (Å²) in [4.78, 5) is 42.2. The van der Waals surface area contributed by atoms with E-state index in [0.717, 1.165) is 0 Å². The molecule has 0 bridgehead atoms.